The van der Waals surface area contributed by atoms with Crippen molar-refractivity contribution in [3.05, 3.63) is 62.0 Å². The van der Waals surface area contributed by atoms with Crippen LogP contribution in [0.5, 0.6) is 5.75 Å². The van der Waals surface area contributed by atoms with E-state index in [4.69, 9.17) is 33.8 Å². The van der Waals surface area contributed by atoms with Gasteiger partial charge in [-0.2, -0.15) is 0 Å². The van der Waals surface area contributed by atoms with Gasteiger partial charge in [0.25, 0.3) is 0 Å². The van der Waals surface area contributed by atoms with E-state index in [1.807, 2.05) is 24.3 Å². The van der Waals surface area contributed by atoms with Gasteiger partial charge in [0.15, 0.2) is 0 Å². The van der Waals surface area contributed by atoms with Crippen LogP contribution in [-0.2, 0) is 6.42 Å². The average molecular weight is 390 g/mol. The molecule has 0 aliphatic rings. The topological polar surface area (TPSA) is 47.3 Å². The Balaban J connectivity index is 2.36. The molecule has 0 heterocycles. The summed E-state index contributed by atoms with van der Waals surface area (Å²) in [6, 6.07) is 11.0. The fraction of sp³-hybridized carbons (Fsp3) is 0.200. The number of nitrogens with one attached hydrogen (secondary N) is 1. The van der Waals surface area contributed by atoms with Gasteiger partial charge in [0.05, 0.1) is 13.2 Å². The molecule has 2 aromatic carbocycles. The van der Waals surface area contributed by atoms with E-state index in [9.17, 15) is 0 Å². The van der Waals surface area contributed by atoms with Crippen LogP contribution in [0.4, 0.5) is 0 Å². The second-order valence-corrected chi connectivity index (χ2v) is 6.18. The van der Waals surface area contributed by atoms with Gasteiger partial charge in [0.1, 0.15) is 5.75 Å². The minimum Gasteiger partial charge on any atom is -0.497 e. The van der Waals surface area contributed by atoms with Gasteiger partial charge in [0.2, 0.25) is 0 Å². The molecule has 0 saturated heterocycles. The highest BCUT2D eigenvalue weighted by molar-refractivity contribution is 9.10. The number of hydrogen-bond acceptors (Lipinski definition) is 3. The lowest BCUT2D eigenvalue weighted by Crippen LogP contribution is -2.30. The first-order valence-electron chi connectivity index (χ1n) is 6.29. The summed E-state index contributed by atoms with van der Waals surface area (Å²) in [5.41, 5.74) is 4.62. The number of benzene rings is 2. The van der Waals surface area contributed by atoms with Crippen molar-refractivity contribution in [1.82, 2.24) is 5.43 Å². The number of rotatable bonds is 5. The van der Waals surface area contributed by atoms with Gasteiger partial charge >= 0.3 is 0 Å². The third kappa shape index (κ3) is 3.90. The highest BCUT2D eigenvalue weighted by Gasteiger charge is 2.18. The van der Waals surface area contributed by atoms with Crippen LogP contribution in [0.15, 0.2) is 40.9 Å². The van der Waals surface area contributed by atoms with Crippen molar-refractivity contribution in [2.45, 2.75) is 12.5 Å². The fourth-order valence-corrected chi connectivity index (χ4v) is 3.21. The molecule has 1 atom stereocenters. The first kappa shape index (κ1) is 16.6. The molecular weight excluding hydrogens is 375 g/mol. The van der Waals surface area contributed by atoms with Gasteiger partial charge < -0.3 is 4.74 Å². The highest BCUT2D eigenvalue weighted by atomic mass is 79.9. The van der Waals surface area contributed by atoms with Crippen LogP contribution in [0.1, 0.15) is 17.2 Å². The lowest BCUT2D eigenvalue weighted by molar-refractivity contribution is 0.413. The van der Waals surface area contributed by atoms with Crippen LogP contribution in [0.3, 0.4) is 0 Å². The molecule has 1 unspecified atom stereocenters. The number of halogens is 3. The molecule has 0 spiro atoms. The third-order valence-electron chi connectivity index (χ3n) is 3.23. The predicted molar refractivity (Wildman–Crippen MR) is 90.9 cm³/mol. The summed E-state index contributed by atoms with van der Waals surface area (Å²) in [4.78, 5) is 0. The van der Waals surface area contributed by atoms with Crippen molar-refractivity contribution >= 4 is 39.1 Å². The molecule has 3 nitrogen and oxygen atoms in total. The smallest absolute Gasteiger partial charge is 0.119 e. The lowest BCUT2D eigenvalue weighted by atomic mass is 9.99. The largest absolute Gasteiger partial charge is 0.497 e. The van der Waals surface area contributed by atoms with Crippen LogP contribution in [0.25, 0.3) is 0 Å². The summed E-state index contributed by atoms with van der Waals surface area (Å²) < 4.78 is 6.23. The maximum absolute atomic E-state index is 6.25. The summed E-state index contributed by atoms with van der Waals surface area (Å²) in [7, 11) is 1.64. The maximum atomic E-state index is 6.25. The van der Waals surface area contributed by atoms with Crippen molar-refractivity contribution in [2.75, 3.05) is 7.11 Å². The van der Waals surface area contributed by atoms with E-state index in [0.29, 0.717) is 16.5 Å². The highest BCUT2D eigenvalue weighted by Crippen LogP contribution is 2.34. The van der Waals surface area contributed by atoms with E-state index in [1.54, 1.807) is 19.2 Å². The molecule has 112 valence electrons. The summed E-state index contributed by atoms with van der Waals surface area (Å²) in [5.74, 6) is 6.48. The molecule has 0 aliphatic heterocycles. The Morgan fingerprint density at radius 2 is 1.90 bits per heavy atom. The van der Waals surface area contributed by atoms with Crippen LogP contribution in [-0.4, -0.2) is 7.11 Å². The summed E-state index contributed by atoms with van der Waals surface area (Å²) in [6.45, 7) is 0. The van der Waals surface area contributed by atoms with Crippen molar-refractivity contribution in [1.29, 1.82) is 0 Å². The number of ether oxygens (including phenoxy) is 1. The average Bonchev–Trinajstić information content (AvgIpc) is 2.47. The quantitative estimate of drug-likeness (QED) is 0.584. The van der Waals surface area contributed by atoms with E-state index < -0.39 is 0 Å². The SMILES string of the molecule is COc1ccc(Br)c(CC(NN)c2c(Cl)cccc2Cl)c1. The second kappa shape index (κ2) is 7.47. The van der Waals surface area contributed by atoms with Crippen LogP contribution in [0.2, 0.25) is 10.0 Å². The Morgan fingerprint density at radius 3 is 2.48 bits per heavy atom. The van der Waals surface area contributed by atoms with E-state index in [1.165, 1.54) is 0 Å². The van der Waals surface area contributed by atoms with Crippen molar-refractivity contribution < 1.29 is 4.74 Å². The molecule has 0 fully saturated rings. The molecule has 0 saturated carbocycles. The fourth-order valence-electron chi connectivity index (χ4n) is 2.14. The first-order chi connectivity index (χ1) is 10.1. The number of hydrazine groups is 1. The van der Waals surface area contributed by atoms with E-state index in [0.717, 1.165) is 21.3 Å². The van der Waals surface area contributed by atoms with Crippen LogP contribution < -0.4 is 16.0 Å². The van der Waals surface area contributed by atoms with Crippen molar-refractivity contribution in [3.63, 3.8) is 0 Å². The minimum atomic E-state index is -0.199. The van der Waals surface area contributed by atoms with Gasteiger partial charge in [0, 0.05) is 20.1 Å². The molecular formula is C15H15BrCl2N2O. The zero-order chi connectivity index (χ0) is 15.4. The normalized spacial score (nSPS) is 12.2. The number of nitrogens with two attached hydrogens (primary N) is 1. The molecule has 0 aromatic heterocycles. The van der Waals surface area contributed by atoms with Gasteiger partial charge in [-0.25, -0.2) is 0 Å². The van der Waals surface area contributed by atoms with E-state index >= 15 is 0 Å². The zero-order valence-corrected chi connectivity index (χ0v) is 14.5. The Bertz CT molecular complexity index is 617. The summed E-state index contributed by atoms with van der Waals surface area (Å²) in [6.07, 6.45) is 0.623. The molecule has 3 N–H and O–H groups in total. The predicted octanol–water partition coefficient (Wildman–Crippen LogP) is 4.51. The number of hydrogen-bond donors (Lipinski definition) is 2. The Labute approximate surface area is 142 Å². The monoisotopic (exact) mass is 388 g/mol. The Morgan fingerprint density at radius 1 is 1.24 bits per heavy atom. The minimum absolute atomic E-state index is 0.199. The van der Waals surface area contributed by atoms with E-state index in [2.05, 4.69) is 21.4 Å². The third-order valence-corrected chi connectivity index (χ3v) is 4.66. The number of methoxy groups -OCH3 is 1. The molecule has 21 heavy (non-hydrogen) atoms. The lowest BCUT2D eigenvalue weighted by Gasteiger charge is -2.20. The molecule has 6 heteroatoms. The van der Waals surface area contributed by atoms with E-state index in [-0.39, 0.29) is 6.04 Å². The van der Waals surface area contributed by atoms with Crippen LogP contribution in [0, 0.1) is 0 Å². The zero-order valence-electron chi connectivity index (χ0n) is 11.4. The Hall–Kier alpha value is -0.780. The van der Waals surface area contributed by atoms with Gasteiger partial charge in [-0.05, 0) is 42.3 Å². The van der Waals surface area contributed by atoms with Crippen LogP contribution >= 0.6 is 39.1 Å². The standard InChI is InChI=1S/C15H15BrCl2N2O/c1-21-10-5-6-11(16)9(7-10)8-14(20-19)15-12(17)3-2-4-13(15)18/h2-7,14,20H,8,19H2,1H3. The summed E-state index contributed by atoms with van der Waals surface area (Å²) >= 11 is 16.0. The van der Waals surface area contributed by atoms with Crippen molar-refractivity contribution in [3.8, 4) is 5.75 Å². The molecule has 2 aromatic rings. The van der Waals surface area contributed by atoms with Gasteiger partial charge in [-0.15, -0.1) is 0 Å². The first-order valence-corrected chi connectivity index (χ1v) is 7.84. The molecule has 0 aliphatic carbocycles. The molecule has 0 amide bonds. The maximum Gasteiger partial charge on any atom is 0.119 e. The molecule has 2 rings (SSSR count). The summed E-state index contributed by atoms with van der Waals surface area (Å²) in [5, 5.41) is 1.17. The Kier molecular flexibility index (Phi) is 5.90. The van der Waals surface area contributed by atoms with Gasteiger partial charge in [-0.1, -0.05) is 45.2 Å². The van der Waals surface area contributed by atoms with Gasteiger partial charge in [-0.3, -0.25) is 11.3 Å². The molecule has 0 radical (unpaired) electrons. The second-order valence-electron chi connectivity index (χ2n) is 4.52. The molecule has 0 bridgehead atoms. The van der Waals surface area contributed by atoms with Crippen molar-refractivity contribution in [2.24, 2.45) is 5.84 Å².